The molecule has 4 rings (SSSR count). The van der Waals surface area contributed by atoms with Gasteiger partial charge in [-0.2, -0.15) is 0 Å². The number of hydrogen-bond acceptors (Lipinski definition) is 2. The summed E-state index contributed by atoms with van der Waals surface area (Å²) in [6, 6.07) is 13.7. The first-order chi connectivity index (χ1) is 12.5. The lowest BCUT2D eigenvalue weighted by Gasteiger charge is -2.29. The fourth-order valence-corrected chi connectivity index (χ4v) is 3.67. The molecule has 0 fully saturated rings. The molecule has 1 amide bonds. The van der Waals surface area contributed by atoms with Crippen molar-refractivity contribution < 1.29 is 9.53 Å². The van der Waals surface area contributed by atoms with Gasteiger partial charge in [-0.15, -0.1) is 0 Å². The number of amides is 1. The van der Waals surface area contributed by atoms with Crippen LogP contribution in [0.3, 0.4) is 0 Å². The van der Waals surface area contributed by atoms with Gasteiger partial charge in [0.05, 0.1) is 0 Å². The highest BCUT2D eigenvalue weighted by molar-refractivity contribution is 6.31. The van der Waals surface area contributed by atoms with E-state index in [1.165, 1.54) is 16.6 Å². The Bertz CT molecular complexity index is 979. The Kier molecular flexibility index (Phi) is 4.37. The second kappa shape index (κ2) is 6.69. The van der Waals surface area contributed by atoms with Gasteiger partial charge in [-0.3, -0.25) is 4.79 Å². The number of nitrogens with one attached hydrogen (secondary N) is 1. The minimum atomic E-state index is -0.540. The van der Waals surface area contributed by atoms with E-state index in [2.05, 4.69) is 17.1 Å². The minimum absolute atomic E-state index is 0.00790. The second-order valence-electron chi connectivity index (χ2n) is 6.81. The summed E-state index contributed by atoms with van der Waals surface area (Å²) in [5.41, 5.74) is 4.52. The van der Waals surface area contributed by atoms with Gasteiger partial charge in [0, 0.05) is 46.7 Å². The van der Waals surface area contributed by atoms with Gasteiger partial charge in [0.15, 0.2) is 6.10 Å². The third kappa shape index (κ3) is 3.06. The molecule has 5 heteroatoms. The number of aryl methyl sites for hydroxylation is 1. The molecule has 1 aromatic heterocycles. The van der Waals surface area contributed by atoms with Crippen molar-refractivity contribution in [2.75, 3.05) is 6.54 Å². The summed E-state index contributed by atoms with van der Waals surface area (Å²) in [6.45, 7) is 5.04. The first-order valence-electron chi connectivity index (χ1n) is 8.83. The molecule has 0 aliphatic carbocycles. The summed E-state index contributed by atoms with van der Waals surface area (Å²) in [5, 5.41) is 1.89. The van der Waals surface area contributed by atoms with Crippen LogP contribution < -0.4 is 4.74 Å². The maximum absolute atomic E-state index is 12.9. The lowest BCUT2D eigenvalue weighted by Crippen LogP contribution is -2.43. The molecular formula is C21H21ClN2O2. The van der Waals surface area contributed by atoms with E-state index in [0.29, 0.717) is 23.9 Å². The zero-order valence-electron chi connectivity index (χ0n) is 14.9. The second-order valence-corrected chi connectivity index (χ2v) is 7.22. The molecule has 1 atom stereocenters. The van der Waals surface area contributed by atoms with Crippen LogP contribution in [0.2, 0.25) is 5.02 Å². The van der Waals surface area contributed by atoms with Crippen molar-refractivity contribution in [3.8, 4) is 5.75 Å². The van der Waals surface area contributed by atoms with Gasteiger partial charge in [0.1, 0.15) is 5.75 Å². The summed E-state index contributed by atoms with van der Waals surface area (Å²) in [6.07, 6.45) is 0.296. The molecule has 2 heterocycles. The number of hydrogen-bond donors (Lipinski definition) is 1. The Labute approximate surface area is 157 Å². The average molecular weight is 369 g/mol. The van der Waals surface area contributed by atoms with E-state index in [0.717, 1.165) is 17.5 Å². The number of aromatic nitrogens is 1. The molecular weight excluding hydrogens is 348 g/mol. The number of para-hydroxylation sites is 1. The number of carbonyl (C=O) groups excluding carboxylic acids is 1. The molecule has 1 N–H and O–H groups in total. The molecule has 1 aliphatic heterocycles. The van der Waals surface area contributed by atoms with Crippen LogP contribution in [-0.2, 0) is 17.8 Å². The van der Waals surface area contributed by atoms with E-state index in [1.54, 1.807) is 19.1 Å². The molecule has 1 aliphatic rings. The highest BCUT2D eigenvalue weighted by Gasteiger charge is 2.27. The zero-order chi connectivity index (χ0) is 18.3. The molecule has 26 heavy (non-hydrogen) atoms. The minimum Gasteiger partial charge on any atom is -0.481 e. The fraction of sp³-hybridized carbons (Fsp3) is 0.286. The smallest absolute Gasteiger partial charge is 0.263 e. The van der Waals surface area contributed by atoms with Crippen molar-refractivity contribution in [2.45, 2.75) is 32.9 Å². The number of ether oxygens (including phenoxy) is 1. The monoisotopic (exact) mass is 368 g/mol. The van der Waals surface area contributed by atoms with Gasteiger partial charge >= 0.3 is 0 Å². The fourth-order valence-electron chi connectivity index (χ4n) is 3.56. The maximum Gasteiger partial charge on any atom is 0.263 e. The van der Waals surface area contributed by atoms with Crippen molar-refractivity contribution in [2.24, 2.45) is 0 Å². The van der Waals surface area contributed by atoms with Crippen LogP contribution in [0, 0.1) is 6.92 Å². The Morgan fingerprint density at radius 3 is 2.88 bits per heavy atom. The van der Waals surface area contributed by atoms with Gasteiger partial charge in [0.2, 0.25) is 0 Å². The van der Waals surface area contributed by atoms with Gasteiger partial charge in [-0.1, -0.05) is 29.8 Å². The summed E-state index contributed by atoms with van der Waals surface area (Å²) in [4.78, 5) is 18.2. The topological polar surface area (TPSA) is 45.3 Å². The standard InChI is InChI=1S/C21H21ClN2O2/c1-13-11-15(7-8-18(13)22)26-14(2)21(25)24-10-9-20-17(12-24)16-5-3-4-6-19(16)23-20/h3-8,11,14,23H,9-10,12H2,1-2H3. The third-order valence-corrected chi connectivity index (χ3v) is 5.41. The average Bonchev–Trinajstić information content (AvgIpc) is 3.02. The van der Waals surface area contributed by atoms with E-state index >= 15 is 0 Å². The van der Waals surface area contributed by atoms with Crippen molar-refractivity contribution >= 4 is 28.4 Å². The molecule has 0 radical (unpaired) electrons. The summed E-state index contributed by atoms with van der Waals surface area (Å²) in [7, 11) is 0. The summed E-state index contributed by atoms with van der Waals surface area (Å²) >= 11 is 6.05. The van der Waals surface area contributed by atoms with Crippen molar-refractivity contribution in [1.29, 1.82) is 0 Å². The molecule has 0 saturated carbocycles. The van der Waals surface area contributed by atoms with E-state index in [9.17, 15) is 4.79 Å². The van der Waals surface area contributed by atoms with Crippen molar-refractivity contribution in [3.63, 3.8) is 0 Å². The number of carbonyl (C=O) groups is 1. The van der Waals surface area contributed by atoms with Gasteiger partial charge < -0.3 is 14.6 Å². The quantitative estimate of drug-likeness (QED) is 0.740. The largest absolute Gasteiger partial charge is 0.481 e. The Hall–Kier alpha value is -2.46. The molecule has 0 bridgehead atoms. The molecule has 3 aromatic rings. The SMILES string of the molecule is Cc1cc(OC(C)C(=O)N2CCc3[nH]c4ccccc4c3C2)ccc1Cl. The molecule has 4 nitrogen and oxygen atoms in total. The van der Waals surface area contributed by atoms with Crippen LogP contribution >= 0.6 is 11.6 Å². The lowest BCUT2D eigenvalue weighted by atomic mass is 10.0. The summed E-state index contributed by atoms with van der Waals surface area (Å²) < 4.78 is 5.86. The molecule has 134 valence electrons. The van der Waals surface area contributed by atoms with E-state index in [1.807, 2.05) is 30.0 Å². The third-order valence-electron chi connectivity index (χ3n) is 4.98. The number of halogens is 1. The van der Waals surface area contributed by atoms with Gasteiger partial charge in [0.25, 0.3) is 5.91 Å². The molecule has 2 aromatic carbocycles. The summed E-state index contributed by atoms with van der Waals surface area (Å²) in [5.74, 6) is 0.672. The Morgan fingerprint density at radius 1 is 1.27 bits per heavy atom. The van der Waals surface area contributed by atoms with Crippen LogP contribution in [0.4, 0.5) is 0 Å². The van der Waals surface area contributed by atoms with Crippen molar-refractivity contribution in [3.05, 3.63) is 64.3 Å². The number of rotatable bonds is 3. The normalized spacial score (nSPS) is 15.0. The molecule has 1 unspecified atom stereocenters. The van der Waals surface area contributed by atoms with E-state index in [4.69, 9.17) is 16.3 Å². The molecule has 0 spiro atoms. The Morgan fingerprint density at radius 2 is 2.08 bits per heavy atom. The van der Waals surface area contributed by atoms with E-state index in [-0.39, 0.29) is 5.91 Å². The number of H-pyrrole nitrogens is 1. The predicted octanol–water partition coefficient (Wildman–Crippen LogP) is 4.48. The first kappa shape index (κ1) is 17.0. The number of nitrogens with zero attached hydrogens (tertiary/aromatic N) is 1. The van der Waals surface area contributed by atoms with Crippen LogP contribution in [0.1, 0.15) is 23.7 Å². The van der Waals surface area contributed by atoms with Crippen LogP contribution in [0.25, 0.3) is 10.9 Å². The van der Waals surface area contributed by atoms with Gasteiger partial charge in [-0.25, -0.2) is 0 Å². The van der Waals surface area contributed by atoms with Crippen LogP contribution in [0.5, 0.6) is 5.75 Å². The maximum atomic E-state index is 12.9. The van der Waals surface area contributed by atoms with Crippen LogP contribution in [0.15, 0.2) is 42.5 Å². The number of fused-ring (bicyclic) bond motifs is 3. The number of aromatic amines is 1. The highest BCUT2D eigenvalue weighted by atomic mass is 35.5. The zero-order valence-corrected chi connectivity index (χ0v) is 15.6. The Balaban J connectivity index is 1.50. The molecule has 0 saturated heterocycles. The first-order valence-corrected chi connectivity index (χ1v) is 9.21. The van der Waals surface area contributed by atoms with Gasteiger partial charge in [-0.05, 0) is 43.7 Å². The van der Waals surface area contributed by atoms with E-state index < -0.39 is 6.10 Å². The number of benzene rings is 2. The predicted molar refractivity (Wildman–Crippen MR) is 104 cm³/mol. The van der Waals surface area contributed by atoms with Crippen molar-refractivity contribution in [1.82, 2.24) is 9.88 Å². The highest BCUT2D eigenvalue weighted by Crippen LogP contribution is 2.28. The van der Waals surface area contributed by atoms with Crippen LogP contribution in [-0.4, -0.2) is 28.4 Å². The lowest BCUT2D eigenvalue weighted by molar-refractivity contribution is -0.138.